The lowest BCUT2D eigenvalue weighted by Crippen LogP contribution is -1.91. The number of carbonyl (C=O) groups excluding carboxylic acids is 1. The van der Waals surface area contributed by atoms with Crippen molar-refractivity contribution < 1.29 is 14.3 Å². The van der Waals surface area contributed by atoms with E-state index in [1.807, 2.05) is 0 Å². The van der Waals surface area contributed by atoms with Crippen LogP contribution in [-0.4, -0.2) is 17.1 Å². The molecular weight excluding hydrogens is 209 g/mol. The molecule has 1 N–H and O–H groups in total. The quantitative estimate of drug-likeness (QED) is 0.625. The number of hydrogen-bond acceptors (Lipinski definition) is 3. The highest BCUT2D eigenvalue weighted by atomic mass is 19.1. The van der Waals surface area contributed by atoms with Gasteiger partial charge in [-0.05, 0) is 36.4 Å². The summed E-state index contributed by atoms with van der Waals surface area (Å²) in [6, 6.07) is 6.04. The number of phenols is 1. The van der Waals surface area contributed by atoms with Crippen LogP contribution in [0, 0.1) is 0 Å². The predicted molar refractivity (Wildman–Crippen MR) is 60.7 cm³/mol. The molecule has 0 radical (unpaired) electrons. The van der Waals surface area contributed by atoms with E-state index in [0.717, 1.165) is 12.2 Å². The van der Waals surface area contributed by atoms with Gasteiger partial charge in [-0.15, -0.1) is 0 Å². The Morgan fingerprint density at radius 2 is 2.00 bits per heavy atom. The number of aromatic hydroxyl groups is 1. The summed E-state index contributed by atoms with van der Waals surface area (Å²) < 4.78 is 12.9. The van der Waals surface area contributed by atoms with E-state index in [0.29, 0.717) is 5.69 Å². The number of hydrogen-bond donors (Lipinski definition) is 1. The molecule has 0 unspecified atom stereocenters. The first kappa shape index (κ1) is 11.8. The zero-order valence-electron chi connectivity index (χ0n) is 8.43. The van der Waals surface area contributed by atoms with Gasteiger partial charge in [0.05, 0.1) is 5.69 Å². The van der Waals surface area contributed by atoms with Gasteiger partial charge in [-0.1, -0.05) is 6.58 Å². The summed E-state index contributed by atoms with van der Waals surface area (Å²) in [5.41, 5.74) is 0.549. The van der Waals surface area contributed by atoms with Gasteiger partial charge >= 0.3 is 0 Å². The van der Waals surface area contributed by atoms with Crippen LogP contribution >= 0.6 is 0 Å². The lowest BCUT2D eigenvalue weighted by atomic mass is 10.3. The van der Waals surface area contributed by atoms with Gasteiger partial charge in [-0.2, -0.15) is 0 Å². The molecule has 1 rings (SSSR count). The van der Waals surface area contributed by atoms with Crippen molar-refractivity contribution >= 4 is 17.7 Å². The Kier molecular flexibility index (Phi) is 4.15. The fourth-order valence-electron chi connectivity index (χ4n) is 0.907. The molecule has 4 heteroatoms. The highest BCUT2D eigenvalue weighted by molar-refractivity contribution is 6.04. The standard InChI is InChI=1S/C12H10FNO2/c1-2-12(16)11(13)7-8-14-9-3-5-10(15)6-4-9/h2-8,15H,1H2/b11-7-,14-8?. The Bertz CT molecular complexity index is 447. The van der Waals surface area contributed by atoms with Crippen molar-refractivity contribution in [2.75, 3.05) is 0 Å². The number of carbonyl (C=O) groups is 1. The van der Waals surface area contributed by atoms with Crippen molar-refractivity contribution in [3.8, 4) is 5.75 Å². The third-order valence-electron chi connectivity index (χ3n) is 1.71. The Balaban J connectivity index is 2.71. The van der Waals surface area contributed by atoms with Gasteiger partial charge in [0.25, 0.3) is 0 Å². The van der Waals surface area contributed by atoms with Crippen LogP contribution in [0.1, 0.15) is 0 Å². The number of ketones is 1. The van der Waals surface area contributed by atoms with Crippen molar-refractivity contribution in [1.29, 1.82) is 0 Å². The smallest absolute Gasteiger partial charge is 0.213 e. The number of aliphatic imine (C=N–C) groups is 1. The van der Waals surface area contributed by atoms with Gasteiger partial charge in [-0.25, -0.2) is 4.39 Å². The zero-order chi connectivity index (χ0) is 12.0. The lowest BCUT2D eigenvalue weighted by molar-refractivity contribution is -0.112. The maximum Gasteiger partial charge on any atom is 0.213 e. The van der Waals surface area contributed by atoms with Gasteiger partial charge in [0, 0.05) is 6.21 Å². The third kappa shape index (κ3) is 3.49. The number of benzene rings is 1. The molecule has 1 aromatic rings. The van der Waals surface area contributed by atoms with E-state index in [-0.39, 0.29) is 5.75 Å². The SMILES string of the molecule is C=CC(=O)/C(F)=C/C=Nc1ccc(O)cc1. The van der Waals surface area contributed by atoms with Crippen LogP contribution in [0.3, 0.4) is 0 Å². The van der Waals surface area contributed by atoms with E-state index in [9.17, 15) is 9.18 Å². The highest BCUT2D eigenvalue weighted by Gasteiger charge is 2.00. The molecule has 0 aliphatic heterocycles. The molecule has 0 amide bonds. The Labute approximate surface area is 92.3 Å². The van der Waals surface area contributed by atoms with E-state index in [4.69, 9.17) is 5.11 Å². The Morgan fingerprint density at radius 3 is 2.56 bits per heavy atom. The number of phenolic OH excluding ortho intramolecular Hbond substituents is 1. The molecule has 0 atom stereocenters. The molecule has 0 aliphatic carbocycles. The fourth-order valence-corrected chi connectivity index (χ4v) is 0.907. The molecule has 0 saturated heterocycles. The lowest BCUT2D eigenvalue weighted by Gasteiger charge is -1.92. The van der Waals surface area contributed by atoms with Crippen molar-refractivity contribution in [2.45, 2.75) is 0 Å². The summed E-state index contributed by atoms with van der Waals surface area (Å²) in [5, 5.41) is 9.00. The maximum atomic E-state index is 12.9. The van der Waals surface area contributed by atoms with Crippen LogP contribution in [0.5, 0.6) is 5.75 Å². The van der Waals surface area contributed by atoms with Gasteiger partial charge < -0.3 is 5.11 Å². The van der Waals surface area contributed by atoms with Crippen LogP contribution in [-0.2, 0) is 4.79 Å². The molecule has 0 fully saturated rings. The van der Waals surface area contributed by atoms with Crippen molar-refractivity contribution in [3.05, 3.63) is 48.8 Å². The molecule has 3 nitrogen and oxygen atoms in total. The summed E-state index contributed by atoms with van der Waals surface area (Å²) >= 11 is 0. The van der Waals surface area contributed by atoms with Crippen LogP contribution in [0.25, 0.3) is 0 Å². The summed E-state index contributed by atoms with van der Waals surface area (Å²) in [7, 11) is 0. The number of nitrogens with zero attached hydrogens (tertiary/aromatic N) is 1. The molecule has 1 aromatic carbocycles. The number of rotatable bonds is 4. The van der Waals surface area contributed by atoms with Crippen LogP contribution in [0.4, 0.5) is 10.1 Å². The average molecular weight is 219 g/mol. The predicted octanol–water partition coefficient (Wildman–Crippen LogP) is 2.70. The van der Waals surface area contributed by atoms with Crippen molar-refractivity contribution in [2.24, 2.45) is 4.99 Å². The minimum absolute atomic E-state index is 0.127. The van der Waals surface area contributed by atoms with Crippen molar-refractivity contribution in [1.82, 2.24) is 0 Å². The molecule has 16 heavy (non-hydrogen) atoms. The molecule has 0 heterocycles. The van der Waals surface area contributed by atoms with Gasteiger partial charge in [0.2, 0.25) is 5.78 Å². The second-order valence-electron chi connectivity index (χ2n) is 2.88. The first-order valence-electron chi connectivity index (χ1n) is 4.49. The molecule has 0 aromatic heterocycles. The van der Waals surface area contributed by atoms with E-state index >= 15 is 0 Å². The molecule has 82 valence electrons. The first-order chi connectivity index (χ1) is 7.63. The van der Waals surface area contributed by atoms with Gasteiger partial charge in [0.15, 0.2) is 5.83 Å². The summed E-state index contributed by atoms with van der Waals surface area (Å²) in [6.07, 6.45) is 3.01. The zero-order valence-corrected chi connectivity index (χ0v) is 8.43. The molecule has 0 aliphatic rings. The topological polar surface area (TPSA) is 49.7 Å². The highest BCUT2D eigenvalue weighted by Crippen LogP contribution is 2.15. The molecule has 0 saturated carbocycles. The monoisotopic (exact) mass is 219 g/mol. The largest absolute Gasteiger partial charge is 0.508 e. The normalized spacial score (nSPS) is 11.7. The minimum atomic E-state index is -0.919. The van der Waals surface area contributed by atoms with E-state index < -0.39 is 11.6 Å². The van der Waals surface area contributed by atoms with E-state index in [1.54, 1.807) is 12.1 Å². The second-order valence-corrected chi connectivity index (χ2v) is 2.88. The van der Waals surface area contributed by atoms with E-state index in [2.05, 4.69) is 11.6 Å². The number of allylic oxidation sites excluding steroid dienone is 3. The summed E-state index contributed by atoms with van der Waals surface area (Å²) in [6.45, 7) is 3.15. The van der Waals surface area contributed by atoms with Crippen LogP contribution in [0.2, 0.25) is 0 Å². The second kappa shape index (κ2) is 5.60. The summed E-state index contributed by atoms with van der Waals surface area (Å²) in [5.74, 6) is -1.57. The fraction of sp³-hybridized carbons (Fsp3) is 0. The van der Waals surface area contributed by atoms with Gasteiger partial charge in [0.1, 0.15) is 5.75 Å². The van der Waals surface area contributed by atoms with Crippen LogP contribution in [0.15, 0.2) is 53.8 Å². The Morgan fingerprint density at radius 1 is 1.38 bits per heavy atom. The Hall–Kier alpha value is -2.23. The average Bonchev–Trinajstić information content (AvgIpc) is 2.30. The molecular formula is C12H10FNO2. The number of halogens is 1. The van der Waals surface area contributed by atoms with Crippen molar-refractivity contribution in [3.63, 3.8) is 0 Å². The third-order valence-corrected chi connectivity index (χ3v) is 1.71. The van der Waals surface area contributed by atoms with E-state index in [1.165, 1.54) is 18.3 Å². The molecule has 0 spiro atoms. The van der Waals surface area contributed by atoms with Gasteiger partial charge in [-0.3, -0.25) is 9.79 Å². The summed E-state index contributed by atoms with van der Waals surface area (Å²) in [4.78, 5) is 14.6. The molecule has 0 bridgehead atoms. The maximum absolute atomic E-state index is 12.9. The minimum Gasteiger partial charge on any atom is -0.508 e. The van der Waals surface area contributed by atoms with Crippen LogP contribution < -0.4 is 0 Å². The first-order valence-corrected chi connectivity index (χ1v) is 4.49.